The van der Waals surface area contributed by atoms with Crippen LogP contribution in [0, 0.1) is 0 Å². The second-order valence-electron chi connectivity index (χ2n) is 7.31. The fourth-order valence-electron chi connectivity index (χ4n) is 3.91. The minimum absolute atomic E-state index is 0.510. The molecule has 6 heteroatoms. The van der Waals surface area contributed by atoms with Crippen molar-refractivity contribution in [2.45, 2.75) is 12.5 Å². The number of pyridine rings is 1. The molecule has 30 heavy (non-hydrogen) atoms. The van der Waals surface area contributed by atoms with Gasteiger partial charge in [-0.05, 0) is 53.4 Å². The van der Waals surface area contributed by atoms with Crippen LogP contribution < -0.4 is 15.2 Å². The molecule has 2 N–H and O–H groups in total. The van der Waals surface area contributed by atoms with Gasteiger partial charge in [-0.15, -0.1) is 0 Å². The van der Waals surface area contributed by atoms with Crippen LogP contribution in [-0.2, 0) is 5.54 Å². The molecule has 0 bridgehead atoms. The molecule has 0 saturated carbocycles. The largest absolute Gasteiger partial charge is 0.493 e. The Morgan fingerprint density at radius 2 is 1.83 bits per heavy atom. The molecular formula is C24H26N4O2. The summed E-state index contributed by atoms with van der Waals surface area (Å²) in [5.74, 6) is 1.90. The lowest BCUT2D eigenvalue weighted by Crippen LogP contribution is -2.34. The number of nitrogens with zero attached hydrogens (tertiary/aromatic N) is 3. The number of aliphatic imine (C=N–C) groups is 1. The van der Waals surface area contributed by atoms with Crippen molar-refractivity contribution in [1.82, 2.24) is 9.88 Å². The molecule has 3 aromatic rings. The van der Waals surface area contributed by atoms with Gasteiger partial charge in [0.2, 0.25) is 0 Å². The molecule has 1 unspecified atom stereocenters. The first kappa shape index (κ1) is 19.8. The predicted octanol–water partition coefficient (Wildman–Crippen LogP) is 3.66. The Bertz CT molecular complexity index is 1070. The topological polar surface area (TPSA) is 73.0 Å². The van der Waals surface area contributed by atoms with E-state index < -0.39 is 5.54 Å². The van der Waals surface area contributed by atoms with Crippen molar-refractivity contribution in [3.63, 3.8) is 0 Å². The number of guanidine groups is 1. The summed E-state index contributed by atoms with van der Waals surface area (Å²) in [6.07, 6.45) is 3.64. The Morgan fingerprint density at radius 1 is 1.03 bits per heavy atom. The van der Waals surface area contributed by atoms with E-state index in [0.29, 0.717) is 30.6 Å². The molecule has 1 atom stereocenters. The highest BCUT2D eigenvalue weighted by Crippen LogP contribution is 2.42. The quantitative estimate of drug-likeness (QED) is 0.681. The number of hydrogen-bond donors (Lipinski definition) is 1. The monoisotopic (exact) mass is 402 g/mol. The minimum atomic E-state index is -0.644. The van der Waals surface area contributed by atoms with Crippen molar-refractivity contribution in [2.24, 2.45) is 10.7 Å². The van der Waals surface area contributed by atoms with E-state index in [0.717, 1.165) is 22.3 Å². The van der Waals surface area contributed by atoms with Gasteiger partial charge in [-0.3, -0.25) is 4.98 Å². The van der Waals surface area contributed by atoms with Crippen LogP contribution in [0.3, 0.4) is 0 Å². The molecular weight excluding hydrogens is 376 g/mol. The van der Waals surface area contributed by atoms with E-state index in [9.17, 15) is 0 Å². The van der Waals surface area contributed by atoms with E-state index in [4.69, 9.17) is 20.2 Å². The molecule has 1 aliphatic rings. The normalized spacial score (nSPS) is 18.2. The van der Waals surface area contributed by atoms with Crippen LogP contribution in [0.25, 0.3) is 11.1 Å². The Labute approximate surface area is 177 Å². The molecule has 0 amide bonds. The Balaban J connectivity index is 1.88. The average molecular weight is 402 g/mol. The summed E-state index contributed by atoms with van der Waals surface area (Å²) in [5, 5.41) is 0. The zero-order chi connectivity index (χ0) is 21.1. The second kappa shape index (κ2) is 8.06. The zero-order valence-corrected chi connectivity index (χ0v) is 17.5. The summed E-state index contributed by atoms with van der Waals surface area (Å²) in [6, 6.07) is 18.4. The summed E-state index contributed by atoms with van der Waals surface area (Å²) in [5.41, 5.74) is 9.80. The van der Waals surface area contributed by atoms with Gasteiger partial charge >= 0.3 is 0 Å². The Morgan fingerprint density at radius 3 is 2.50 bits per heavy atom. The number of benzene rings is 2. The SMILES string of the molecule is CCOc1cc(C2(c3cccc(-c4cccnc4)c3)CN(C)C(N)=N2)ccc1OC. The summed E-state index contributed by atoms with van der Waals surface area (Å²) in [6.45, 7) is 3.14. The maximum absolute atomic E-state index is 6.24. The van der Waals surface area contributed by atoms with E-state index >= 15 is 0 Å². The van der Waals surface area contributed by atoms with E-state index in [1.165, 1.54) is 0 Å². The molecule has 0 spiro atoms. The minimum Gasteiger partial charge on any atom is -0.493 e. The van der Waals surface area contributed by atoms with Crippen LogP contribution in [0.4, 0.5) is 0 Å². The van der Waals surface area contributed by atoms with Crippen molar-refractivity contribution in [1.29, 1.82) is 0 Å². The van der Waals surface area contributed by atoms with Gasteiger partial charge in [-0.2, -0.15) is 0 Å². The molecule has 0 aliphatic carbocycles. The van der Waals surface area contributed by atoms with E-state index in [2.05, 4.69) is 35.3 Å². The molecule has 2 aromatic carbocycles. The fourth-order valence-corrected chi connectivity index (χ4v) is 3.91. The van der Waals surface area contributed by atoms with Gasteiger partial charge in [0.25, 0.3) is 0 Å². The summed E-state index contributed by atoms with van der Waals surface area (Å²) in [4.78, 5) is 11.2. The van der Waals surface area contributed by atoms with Gasteiger partial charge < -0.3 is 20.1 Å². The van der Waals surface area contributed by atoms with Crippen LogP contribution in [0.1, 0.15) is 18.1 Å². The lowest BCUT2D eigenvalue weighted by atomic mass is 9.82. The van der Waals surface area contributed by atoms with E-state index in [1.807, 2.05) is 49.3 Å². The molecule has 1 aliphatic heterocycles. The second-order valence-corrected chi connectivity index (χ2v) is 7.31. The maximum Gasteiger partial charge on any atom is 0.192 e. The van der Waals surface area contributed by atoms with Gasteiger partial charge in [0.15, 0.2) is 17.5 Å². The first-order valence-corrected chi connectivity index (χ1v) is 9.96. The molecule has 154 valence electrons. The highest BCUT2D eigenvalue weighted by atomic mass is 16.5. The van der Waals surface area contributed by atoms with Crippen LogP contribution in [0.5, 0.6) is 11.5 Å². The molecule has 1 aromatic heterocycles. The van der Waals surface area contributed by atoms with Crippen molar-refractivity contribution < 1.29 is 9.47 Å². The molecule has 4 rings (SSSR count). The predicted molar refractivity (Wildman–Crippen MR) is 119 cm³/mol. The molecule has 0 fully saturated rings. The number of methoxy groups -OCH3 is 1. The number of rotatable bonds is 6. The number of nitrogens with two attached hydrogens (primary N) is 1. The lowest BCUT2D eigenvalue weighted by molar-refractivity contribution is 0.309. The number of hydrogen-bond acceptors (Lipinski definition) is 6. The van der Waals surface area contributed by atoms with E-state index in [1.54, 1.807) is 13.3 Å². The van der Waals surface area contributed by atoms with Gasteiger partial charge in [-0.25, -0.2) is 4.99 Å². The van der Waals surface area contributed by atoms with Crippen LogP contribution >= 0.6 is 0 Å². The van der Waals surface area contributed by atoms with Crippen LogP contribution in [0.2, 0.25) is 0 Å². The molecule has 6 nitrogen and oxygen atoms in total. The van der Waals surface area contributed by atoms with Gasteiger partial charge in [0.1, 0.15) is 5.54 Å². The number of ether oxygens (including phenoxy) is 2. The van der Waals surface area contributed by atoms with Crippen LogP contribution in [-0.4, -0.2) is 43.2 Å². The molecule has 0 saturated heterocycles. The zero-order valence-electron chi connectivity index (χ0n) is 17.5. The number of aromatic nitrogens is 1. The van der Waals surface area contributed by atoms with Gasteiger partial charge in [0, 0.05) is 19.4 Å². The van der Waals surface area contributed by atoms with Gasteiger partial charge in [0.05, 0.1) is 20.3 Å². The highest BCUT2D eigenvalue weighted by molar-refractivity contribution is 5.82. The average Bonchev–Trinajstić information content (AvgIpc) is 3.10. The van der Waals surface area contributed by atoms with Gasteiger partial charge in [-0.1, -0.05) is 30.3 Å². The first-order valence-electron chi connectivity index (χ1n) is 9.96. The van der Waals surface area contributed by atoms with Crippen molar-refractivity contribution in [3.05, 3.63) is 78.1 Å². The maximum atomic E-state index is 6.24. The fraction of sp³-hybridized carbons (Fsp3) is 0.250. The Hall–Kier alpha value is -3.54. The first-order chi connectivity index (χ1) is 14.6. The van der Waals surface area contributed by atoms with Crippen LogP contribution in [0.15, 0.2) is 72.0 Å². The highest BCUT2D eigenvalue weighted by Gasteiger charge is 2.41. The third-order valence-electron chi connectivity index (χ3n) is 5.44. The van der Waals surface area contributed by atoms with Crippen molar-refractivity contribution in [2.75, 3.05) is 27.3 Å². The lowest BCUT2D eigenvalue weighted by Gasteiger charge is -2.29. The molecule has 2 heterocycles. The smallest absolute Gasteiger partial charge is 0.192 e. The van der Waals surface area contributed by atoms with Crippen molar-refractivity contribution >= 4 is 5.96 Å². The molecule has 0 radical (unpaired) electrons. The standard InChI is InChI=1S/C24H26N4O2/c1-4-30-22-14-20(10-11-21(22)29-3)24(16-28(2)23(25)27-24)19-9-5-7-17(13-19)18-8-6-12-26-15-18/h5-15H,4,16H2,1-3H3,(H2,25,27). The third kappa shape index (κ3) is 3.45. The summed E-state index contributed by atoms with van der Waals surface area (Å²) < 4.78 is 11.3. The Kier molecular flexibility index (Phi) is 5.31. The summed E-state index contributed by atoms with van der Waals surface area (Å²) in [7, 11) is 3.60. The van der Waals surface area contributed by atoms with E-state index in [-0.39, 0.29) is 0 Å². The third-order valence-corrected chi connectivity index (χ3v) is 5.44. The number of likely N-dealkylation sites (N-methyl/N-ethyl adjacent to an activating group) is 1. The van der Waals surface area contributed by atoms with Crippen molar-refractivity contribution in [3.8, 4) is 22.6 Å². The summed E-state index contributed by atoms with van der Waals surface area (Å²) >= 11 is 0.